The number of hydrogen-bond donors (Lipinski definition) is 3. The number of hydrogen-bond acceptors (Lipinski definition) is 4. The molecule has 1 aromatic heterocycles. The first-order valence-corrected chi connectivity index (χ1v) is 12.1. The van der Waals surface area contributed by atoms with Gasteiger partial charge in [0, 0.05) is 12.2 Å². The maximum absolute atomic E-state index is 12.8. The van der Waals surface area contributed by atoms with E-state index in [0.717, 1.165) is 31.2 Å². The van der Waals surface area contributed by atoms with Crippen LogP contribution >= 0.6 is 11.6 Å². The first-order valence-electron chi connectivity index (χ1n) is 11.7. The molecule has 3 amide bonds. The van der Waals surface area contributed by atoms with Crippen LogP contribution in [0.4, 0.5) is 5.69 Å². The Kier molecular flexibility index (Phi) is 8.15. The van der Waals surface area contributed by atoms with Crippen molar-refractivity contribution in [1.82, 2.24) is 20.4 Å². The van der Waals surface area contributed by atoms with E-state index in [2.05, 4.69) is 21.0 Å². The van der Waals surface area contributed by atoms with Crippen LogP contribution in [0.25, 0.3) is 0 Å². The van der Waals surface area contributed by atoms with Crippen LogP contribution < -0.4 is 16.0 Å². The molecule has 0 bridgehead atoms. The number of carbonyl (C=O) groups is 3. The van der Waals surface area contributed by atoms with Crippen molar-refractivity contribution < 1.29 is 14.4 Å². The summed E-state index contributed by atoms with van der Waals surface area (Å²) in [5.41, 5.74) is 1.61. The normalized spacial score (nSPS) is 14.3. The van der Waals surface area contributed by atoms with Gasteiger partial charge in [0.1, 0.15) is 6.54 Å². The first-order chi connectivity index (χ1) is 17.0. The minimum Gasteiger partial charge on any atom is -0.352 e. The lowest BCUT2D eigenvalue weighted by atomic mass is 10.0. The fourth-order valence-electron chi connectivity index (χ4n) is 4.22. The lowest BCUT2D eigenvalue weighted by Gasteiger charge is -2.19. The zero-order chi connectivity index (χ0) is 24.6. The van der Waals surface area contributed by atoms with E-state index >= 15 is 0 Å². The summed E-state index contributed by atoms with van der Waals surface area (Å²) < 4.78 is 1.49. The molecule has 35 heavy (non-hydrogen) atoms. The van der Waals surface area contributed by atoms with Crippen molar-refractivity contribution in [1.29, 1.82) is 0 Å². The third-order valence-electron chi connectivity index (χ3n) is 5.96. The summed E-state index contributed by atoms with van der Waals surface area (Å²) in [5.74, 6) is -0.754. The van der Waals surface area contributed by atoms with Crippen molar-refractivity contribution >= 4 is 35.0 Å². The average molecular weight is 494 g/mol. The van der Waals surface area contributed by atoms with Crippen LogP contribution in [0.2, 0.25) is 5.02 Å². The van der Waals surface area contributed by atoms with E-state index in [0.29, 0.717) is 16.3 Å². The Morgan fingerprint density at radius 3 is 2.46 bits per heavy atom. The summed E-state index contributed by atoms with van der Waals surface area (Å²) in [7, 11) is 0. The number of benzene rings is 2. The number of amides is 3. The summed E-state index contributed by atoms with van der Waals surface area (Å²) in [6.45, 7) is 0.0902. The Hall–Kier alpha value is -3.65. The van der Waals surface area contributed by atoms with E-state index in [1.165, 1.54) is 10.9 Å². The highest BCUT2D eigenvalue weighted by Crippen LogP contribution is 2.21. The van der Waals surface area contributed by atoms with Crippen molar-refractivity contribution in [2.24, 2.45) is 0 Å². The molecule has 4 rings (SSSR count). The van der Waals surface area contributed by atoms with E-state index in [4.69, 9.17) is 11.6 Å². The van der Waals surface area contributed by atoms with Gasteiger partial charge in [0.2, 0.25) is 11.8 Å². The minimum atomic E-state index is -0.563. The maximum atomic E-state index is 12.8. The molecule has 3 N–H and O–H groups in total. The number of nitrogens with zero attached hydrogens (tertiary/aromatic N) is 2. The highest BCUT2D eigenvalue weighted by Gasteiger charge is 2.21. The van der Waals surface area contributed by atoms with E-state index in [-0.39, 0.29) is 36.7 Å². The van der Waals surface area contributed by atoms with Crippen molar-refractivity contribution in [3.8, 4) is 0 Å². The highest BCUT2D eigenvalue weighted by atomic mass is 35.5. The largest absolute Gasteiger partial charge is 0.352 e. The molecule has 182 valence electrons. The summed E-state index contributed by atoms with van der Waals surface area (Å²) >= 11 is 6.17. The molecular weight excluding hydrogens is 466 g/mol. The second-order valence-electron chi connectivity index (χ2n) is 8.64. The number of anilines is 1. The molecule has 2 aromatic carbocycles. The van der Waals surface area contributed by atoms with Crippen molar-refractivity contribution in [3.63, 3.8) is 0 Å². The molecule has 1 heterocycles. The average Bonchev–Trinajstić information content (AvgIpc) is 3.51. The fourth-order valence-corrected chi connectivity index (χ4v) is 4.44. The van der Waals surface area contributed by atoms with Gasteiger partial charge in [0.15, 0.2) is 0 Å². The SMILES string of the molecule is O=C(CC(NC(=O)c1ccccc1Cl)c1ccccc1)Nc1cnn(CC(=O)NC2CCCC2)c1. The Bertz CT molecular complexity index is 1170. The molecule has 1 fully saturated rings. The Labute approximate surface area is 209 Å². The van der Waals surface area contributed by atoms with E-state index in [1.54, 1.807) is 30.5 Å². The Morgan fingerprint density at radius 1 is 1.00 bits per heavy atom. The highest BCUT2D eigenvalue weighted by molar-refractivity contribution is 6.33. The summed E-state index contributed by atoms with van der Waals surface area (Å²) in [4.78, 5) is 37.9. The van der Waals surface area contributed by atoms with Crippen LogP contribution in [0.1, 0.15) is 54.1 Å². The van der Waals surface area contributed by atoms with Crippen LogP contribution in [0, 0.1) is 0 Å². The molecule has 1 aliphatic carbocycles. The second kappa shape index (κ2) is 11.7. The van der Waals surface area contributed by atoms with Gasteiger partial charge in [-0.25, -0.2) is 0 Å². The maximum Gasteiger partial charge on any atom is 0.253 e. The Morgan fingerprint density at radius 2 is 1.71 bits per heavy atom. The number of rotatable bonds is 9. The summed E-state index contributed by atoms with van der Waals surface area (Å²) in [6.07, 6.45) is 7.45. The van der Waals surface area contributed by atoms with E-state index < -0.39 is 6.04 Å². The molecule has 3 aromatic rings. The van der Waals surface area contributed by atoms with Crippen LogP contribution in [0.15, 0.2) is 67.0 Å². The van der Waals surface area contributed by atoms with Crippen LogP contribution in [0.3, 0.4) is 0 Å². The number of nitrogens with one attached hydrogen (secondary N) is 3. The topological polar surface area (TPSA) is 105 Å². The molecule has 0 saturated heterocycles. The molecule has 1 saturated carbocycles. The molecule has 1 aliphatic rings. The minimum absolute atomic E-state index is 0.00749. The standard InChI is InChI=1S/C26H28ClN5O3/c27-22-13-7-6-12-21(22)26(35)31-23(18-8-2-1-3-9-18)14-24(33)30-20-15-28-32(16-20)17-25(34)29-19-10-4-5-11-19/h1-3,6-9,12-13,15-16,19,23H,4-5,10-11,14,17H2,(H,29,34)(H,30,33)(H,31,35). The van der Waals surface area contributed by atoms with Crippen molar-refractivity contribution in [3.05, 3.63) is 83.1 Å². The van der Waals surface area contributed by atoms with Crippen molar-refractivity contribution in [2.75, 3.05) is 5.32 Å². The molecule has 0 radical (unpaired) electrons. The van der Waals surface area contributed by atoms with Crippen LogP contribution in [0.5, 0.6) is 0 Å². The molecule has 0 aliphatic heterocycles. The van der Waals surface area contributed by atoms with Gasteiger partial charge in [-0.1, -0.05) is 66.9 Å². The van der Waals surface area contributed by atoms with Gasteiger partial charge < -0.3 is 16.0 Å². The van der Waals surface area contributed by atoms with Gasteiger partial charge in [-0.05, 0) is 30.5 Å². The molecule has 1 unspecified atom stereocenters. The molecule has 9 heteroatoms. The van der Waals surface area contributed by atoms with Crippen LogP contribution in [-0.2, 0) is 16.1 Å². The van der Waals surface area contributed by atoms with Gasteiger partial charge in [-0.3, -0.25) is 19.1 Å². The number of halogens is 1. The van der Waals surface area contributed by atoms with E-state index in [9.17, 15) is 14.4 Å². The van der Waals surface area contributed by atoms with Gasteiger partial charge in [0.25, 0.3) is 5.91 Å². The predicted molar refractivity (Wildman–Crippen MR) is 134 cm³/mol. The third kappa shape index (κ3) is 6.93. The van der Waals surface area contributed by atoms with Gasteiger partial charge in [-0.2, -0.15) is 5.10 Å². The zero-order valence-electron chi connectivity index (χ0n) is 19.2. The lowest BCUT2D eigenvalue weighted by molar-refractivity contribution is -0.122. The van der Waals surface area contributed by atoms with Gasteiger partial charge in [0.05, 0.1) is 34.9 Å². The molecule has 0 spiro atoms. The van der Waals surface area contributed by atoms with Crippen molar-refractivity contribution in [2.45, 2.75) is 50.7 Å². The van der Waals surface area contributed by atoms with E-state index in [1.807, 2.05) is 30.3 Å². The zero-order valence-corrected chi connectivity index (χ0v) is 20.0. The summed E-state index contributed by atoms with van der Waals surface area (Å²) in [5, 5.41) is 13.3. The molecular formula is C26H28ClN5O3. The predicted octanol–water partition coefficient (Wildman–Crippen LogP) is 4.10. The van der Waals surface area contributed by atoms with Gasteiger partial charge in [-0.15, -0.1) is 0 Å². The Balaban J connectivity index is 1.37. The lowest BCUT2D eigenvalue weighted by Crippen LogP contribution is -2.35. The molecule has 1 atom stereocenters. The third-order valence-corrected chi connectivity index (χ3v) is 6.29. The first kappa shape index (κ1) is 24.5. The molecule has 8 nitrogen and oxygen atoms in total. The quantitative estimate of drug-likeness (QED) is 0.417. The fraction of sp³-hybridized carbons (Fsp3) is 0.308. The summed E-state index contributed by atoms with van der Waals surface area (Å²) in [6, 6.07) is 15.7. The smallest absolute Gasteiger partial charge is 0.253 e. The van der Waals surface area contributed by atoms with Crippen LogP contribution in [-0.4, -0.2) is 33.5 Å². The number of aromatic nitrogens is 2. The monoisotopic (exact) mass is 493 g/mol. The second-order valence-corrected chi connectivity index (χ2v) is 9.05. The number of carbonyl (C=O) groups excluding carboxylic acids is 3. The van der Waals surface area contributed by atoms with Gasteiger partial charge >= 0.3 is 0 Å².